The molecule has 0 saturated carbocycles. The van der Waals surface area contributed by atoms with Gasteiger partial charge in [0.2, 0.25) is 0 Å². The molecule has 2 aromatic carbocycles. The number of rotatable bonds is 1. The average molecular weight is 411 g/mol. The highest BCUT2D eigenvalue weighted by atomic mass is 79.9. The van der Waals surface area contributed by atoms with Crippen LogP contribution in [0.1, 0.15) is 43.9 Å². The lowest BCUT2D eigenvalue weighted by atomic mass is 9.73. The minimum absolute atomic E-state index is 0.0272. The predicted molar refractivity (Wildman–Crippen MR) is 110 cm³/mol. The van der Waals surface area contributed by atoms with E-state index in [-0.39, 0.29) is 17.2 Å². The summed E-state index contributed by atoms with van der Waals surface area (Å²) in [7, 11) is 0. The minimum atomic E-state index is -0.151. The first-order chi connectivity index (χ1) is 12.3. The highest BCUT2D eigenvalue weighted by Gasteiger charge is 2.38. The second kappa shape index (κ2) is 6.27. The van der Waals surface area contributed by atoms with Crippen molar-refractivity contribution >= 4 is 33.1 Å². The Balaban J connectivity index is 1.89. The molecule has 0 aromatic heterocycles. The SMILES string of the molecule is Cc1ccc([C@@H]2Nc3ccccc3NC3=C2C(=O)CC(C)(C)C3)cc1Br. The number of carbonyl (C=O) groups is 1. The first-order valence-corrected chi connectivity index (χ1v) is 9.78. The summed E-state index contributed by atoms with van der Waals surface area (Å²) < 4.78 is 1.06. The van der Waals surface area contributed by atoms with Crippen LogP contribution in [0, 0.1) is 12.3 Å². The molecule has 2 aromatic rings. The van der Waals surface area contributed by atoms with E-state index in [1.807, 2.05) is 12.1 Å². The Morgan fingerprint density at radius 2 is 1.81 bits per heavy atom. The molecule has 4 rings (SSSR count). The quantitative estimate of drug-likeness (QED) is 0.607. The van der Waals surface area contributed by atoms with E-state index in [4.69, 9.17) is 0 Å². The van der Waals surface area contributed by atoms with Crippen molar-refractivity contribution in [1.82, 2.24) is 0 Å². The molecule has 1 aliphatic carbocycles. The van der Waals surface area contributed by atoms with Gasteiger partial charge >= 0.3 is 0 Å². The van der Waals surface area contributed by atoms with Gasteiger partial charge < -0.3 is 10.6 Å². The van der Waals surface area contributed by atoms with Gasteiger partial charge in [-0.15, -0.1) is 0 Å². The lowest BCUT2D eigenvalue weighted by Crippen LogP contribution is -2.31. The van der Waals surface area contributed by atoms with Crippen LogP contribution in [0.15, 0.2) is 58.2 Å². The molecule has 26 heavy (non-hydrogen) atoms. The normalized spacial score (nSPS) is 21.2. The van der Waals surface area contributed by atoms with Crippen molar-refractivity contribution in [2.24, 2.45) is 5.41 Å². The van der Waals surface area contributed by atoms with Crippen molar-refractivity contribution < 1.29 is 4.79 Å². The van der Waals surface area contributed by atoms with Crippen molar-refractivity contribution in [2.75, 3.05) is 10.6 Å². The molecule has 0 saturated heterocycles. The summed E-state index contributed by atoms with van der Waals surface area (Å²) in [6.45, 7) is 6.40. The maximum atomic E-state index is 13.1. The number of Topliss-reactive ketones (excluding diaryl/α,β-unsaturated/α-hetero) is 1. The van der Waals surface area contributed by atoms with Gasteiger partial charge in [0.1, 0.15) is 0 Å². The number of ketones is 1. The number of aryl methyl sites for hydroxylation is 1. The number of halogens is 1. The third-order valence-corrected chi connectivity index (χ3v) is 6.10. The molecule has 4 heteroatoms. The molecule has 1 atom stereocenters. The van der Waals surface area contributed by atoms with Crippen molar-refractivity contribution in [1.29, 1.82) is 0 Å². The van der Waals surface area contributed by atoms with Gasteiger partial charge in [0.05, 0.1) is 17.4 Å². The summed E-state index contributed by atoms with van der Waals surface area (Å²) in [6.07, 6.45) is 1.45. The highest BCUT2D eigenvalue weighted by molar-refractivity contribution is 9.10. The topological polar surface area (TPSA) is 41.1 Å². The van der Waals surface area contributed by atoms with E-state index in [0.717, 1.165) is 39.1 Å². The smallest absolute Gasteiger partial charge is 0.163 e. The Kier molecular flexibility index (Phi) is 4.19. The van der Waals surface area contributed by atoms with E-state index in [0.29, 0.717) is 6.42 Å². The van der Waals surface area contributed by atoms with E-state index < -0.39 is 0 Å². The molecule has 1 heterocycles. The minimum Gasteiger partial charge on any atom is -0.372 e. The van der Waals surface area contributed by atoms with E-state index in [9.17, 15) is 4.79 Å². The van der Waals surface area contributed by atoms with Crippen LogP contribution in [0.5, 0.6) is 0 Å². The number of fused-ring (bicyclic) bond motifs is 1. The highest BCUT2D eigenvalue weighted by Crippen LogP contribution is 2.45. The van der Waals surface area contributed by atoms with Gasteiger partial charge in [-0.1, -0.05) is 54.0 Å². The number of carbonyl (C=O) groups excluding carboxylic acids is 1. The molecule has 0 unspecified atom stereocenters. The van der Waals surface area contributed by atoms with Crippen LogP contribution in [0.3, 0.4) is 0 Å². The number of hydrogen-bond acceptors (Lipinski definition) is 3. The Morgan fingerprint density at radius 1 is 1.08 bits per heavy atom. The zero-order valence-electron chi connectivity index (χ0n) is 15.3. The standard InChI is InChI=1S/C22H23BrN2O/c1-13-8-9-14(10-15(13)23)21-20-18(11-22(2,3)12-19(20)26)24-16-6-4-5-7-17(16)25-21/h4-10,21,24-25H,11-12H2,1-3H3/t21-/m0/s1. The Morgan fingerprint density at radius 3 is 2.54 bits per heavy atom. The van der Waals surface area contributed by atoms with Crippen LogP contribution in [-0.2, 0) is 4.79 Å². The maximum absolute atomic E-state index is 13.1. The fraction of sp³-hybridized carbons (Fsp3) is 0.318. The van der Waals surface area contributed by atoms with Gasteiger partial charge in [0, 0.05) is 22.2 Å². The summed E-state index contributed by atoms with van der Waals surface area (Å²) in [5.74, 6) is 0.228. The number of allylic oxidation sites excluding steroid dienone is 1. The molecule has 2 N–H and O–H groups in total. The first-order valence-electron chi connectivity index (χ1n) is 8.99. The maximum Gasteiger partial charge on any atom is 0.163 e. The summed E-state index contributed by atoms with van der Waals surface area (Å²) in [6, 6.07) is 14.4. The fourth-order valence-electron chi connectivity index (χ4n) is 3.93. The molecule has 3 nitrogen and oxygen atoms in total. The molecular weight excluding hydrogens is 388 g/mol. The molecule has 0 amide bonds. The van der Waals surface area contributed by atoms with Crippen LogP contribution in [0.4, 0.5) is 11.4 Å². The largest absolute Gasteiger partial charge is 0.372 e. The number of nitrogens with one attached hydrogen (secondary N) is 2. The Bertz CT molecular complexity index is 929. The monoisotopic (exact) mass is 410 g/mol. The van der Waals surface area contributed by atoms with Crippen LogP contribution < -0.4 is 10.6 Å². The van der Waals surface area contributed by atoms with Crippen molar-refractivity contribution in [3.8, 4) is 0 Å². The fourth-order valence-corrected chi connectivity index (χ4v) is 4.32. The summed E-state index contributed by atoms with van der Waals surface area (Å²) in [5, 5.41) is 7.18. The summed E-state index contributed by atoms with van der Waals surface area (Å²) in [4.78, 5) is 13.1. The van der Waals surface area contributed by atoms with Crippen molar-refractivity contribution in [3.63, 3.8) is 0 Å². The number of para-hydroxylation sites is 2. The lowest BCUT2D eigenvalue weighted by Gasteiger charge is -2.34. The number of anilines is 2. The zero-order valence-corrected chi connectivity index (χ0v) is 16.9. The molecule has 134 valence electrons. The van der Waals surface area contributed by atoms with E-state index >= 15 is 0 Å². The third-order valence-electron chi connectivity index (χ3n) is 5.25. The number of hydrogen-bond donors (Lipinski definition) is 2. The van der Waals surface area contributed by atoms with Crippen LogP contribution in [0.2, 0.25) is 0 Å². The van der Waals surface area contributed by atoms with Crippen molar-refractivity contribution in [3.05, 3.63) is 69.3 Å². The van der Waals surface area contributed by atoms with E-state index in [1.165, 1.54) is 5.56 Å². The Hall–Kier alpha value is -2.07. The molecule has 0 radical (unpaired) electrons. The molecule has 0 spiro atoms. The second-order valence-corrected chi connectivity index (χ2v) is 8.94. The lowest BCUT2D eigenvalue weighted by molar-refractivity contribution is -0.118. The summed E-state index contributed by atoms with van der Waals surface area (Å²) >= 11 is 3.64. The van der Waals surface area contributed by atoms with Gasteiger partial charge in [-0.2, -0.15) is 0 Å². The molecule has 0 fully saturated rings. The van der Waals surface area contributed by atoms with Crippen LogP contribution in [0.25, 0.3) is 0 Å². The van der Waals surface area contributed by atoms with Crippen LogP contribution >= 0.6 is 15.9 Å². The molecule has 1 aliphatic heterocycles. The van der Waals surface area contributed by atoms with Gasteiger partial charge in [-0.3, -0.25) is 4.79 Å². The number of benzene rings is 2. The van der Waals surface area contributed by atoms with E-state index in [2.05, 4.69) is 77.7 Å². The van der Waals surface area contributed by atoms with Crippen LogP contribution in [-0.4, -0.2) is 5.78 Å². The Labute approximate surface area is 163 Å². The van der Waals surface area contributed by atoms with Crippen molar-refractivity contribution in [2.45, 2.75) is 39.7 Å². The average Bonchev–Trinajstić information content (AvgIpc) is 2.72. The molecule has 0 bridgehead atoms. The third kappa shape index (κ3) is 3.07. The predicted octanol–water partition coefficient (Wildman–Crippen LogP) is 5.98. The van der Waals surface area contributed by atoms with Gasteiger partial charge in [0.25, 0.3) is 0 Å². The molecule has 2 aliphatic rings. The molecular formula is C22H23BrN2O. The van der Waals surface area contributed by atoms with Gasteiger partial charge in [-0.25, -0.2) is 0 Å². The summed E-state index contributed by atoms with van der Waals surface area (Å²) in [5.41, 5.74) is 6.23. The second-order valence-electron chi connectivity index (χ2n) is 8.09. The van der Waals surface area contributed by atoms with E-state index in [1.54, 1.807) is 0 Å². The zero-order chi connectivity index (χ0) is 18.5. The van der Waals surface area contributed by atoms with Gasteiger partial charge in [0.15, 0.2) is 5.78 Å². The van der Waals surface area contributed by atoms with Gasteiger partial charge in [-0.05, 0) is 48.1 Å². The first kappa shape index (κ1) is 17.3.